The lowest BCUT2D eigenvalue weighted by molar-refractivity contribution is -0.120. The second-order valence-corrected chi connectivity index (χ2v) is 7.87. The first-order valence-electron chi connectivity index (χ1n) is 7.00. The molecule has 1 aromatic rings. The topological polar surface area (TPSA) is 84.4 Å². The molecule has 122 valence electrons. The highest BCUT2D eigenvalue weighted by Gasteiger charge is 2.37. The molecule has 0 aliphatic carbocycles. The Kier molecular flexibility index (Phi) is 5.28. The lowest BCUT2D eigenvalue weighted by atomic mass is 10.2. The Morgan fingerprint density at radius 3 is 2.73 bits per heavy atom. The zero-order valence-electron chi connectivity index (χ0n) is 13.1. The Balaban J connectivity index is 2.00. The lowest BCUT2D eigenvalue weighted by Crippen LogP contribution is -2.46. The van der Waals surface area contributed by atoms with Gasteiger partial charge in [-0.15, -0.1) is 22.0 Å². The second-order valence-electron chi connectivity index (χ2n) is 5.81. The highest BCUT2D eigenvalue weighted by Crippen LogP contribution is 2.25. The van der Waals surface area contributed by atoms with Crippen molar-refractivity contribution in [3.63, 3.8) is 0 Å². The molecule has 0 bridgehead atoms. The van der Waals surface area contributed by atoms with Crippen LogP contribution >= 0.6 is 23.1 Å². The summed E-state index contributed by atoms with van der Waals surface area (Å²) in [5.74, 6) is 0.739. The molecule has 1 saturated heterocycles. The van der Waals surface area contributed by atoms with Crippen molar-refractivity contribution in [2.45, 2.75) is 45.8 Å². The molecule has 1 aliphatic heterocycles. The van der Waals surface area contributed by atoms with Crippen molar-refractivity contribution in [3.8, 4) is 0 Å². The molecule has 1 aromatic heterocycles. The van der Waals surface area contributed by atoms with Crippen molar-refractivity contribution < 1.29 is 14.3 Å². The summed E-state index contributed by atoms with van der Waals surface area (Å²) in [5.41, 5.74) is -0.583. The zero-order valence-corrected chi connectivity index (χ0v) is 14.7. The van der Waals surface area contributed by atoms with Gasteiger partial charge in [0.2, 0.25) is 11.0 Å². The van der Waals surface area contributed by atoms with Gasteiger partial charge in [-0.05, 0) is 27.2 Å². The Morgan fingerprint density at radius 2 is 2.14 bits per heavy atom. The van der Waals surface area contributed by atoms with Gasteiger partial charge in [0.1, 0.15) is 16.7 Å². The van der Waals surface area contributed by atoms with Gasteiger partial charge in [0.25, 0.3) is 0 Å². The maximum atomic E-state index is 12.4. The van der Waals surface area contributed by atoms with Crippen LogP contribution in [0.3, 0.4) is 0 Å². The predicted molar refractivity (Wildman–Crippen MR) is 87.1 cm³/mol. The van der Waals surface area contributed by atoms with Gasteiger partial charge in [0.15, 0.2) is 0 Å². The van der Waals surface area contributed by atoms with Gasteiger partial charge < -0.3 is 4.74 Å². The van der Waals surface area contributed by atoms with Gasteiger partial charge in [-0.3, -0.25) is 15.0 Å². The first-order chi connectivity index (χ1) is 10.3. The maximum Gasteiger partial charge on any atom is 0.411 e. The number of nitrogens with zero attached hydrogens (tertiary/aromatic N) is 3. The molecule has 0 aromatic carbocycles. The number of aromatic nitrogens is 2. The van der Waals surface area contributed by atoms with Gasteiger partial charge in [0, 0.05) is 5.75 Å². The monoisotopic (exact) mass is 344 g/mol. The quantitative estimate of drug-likeness (QED) is 0.906. The van der Waals surface area contributed by atoms with E-state index in [1.165, 1.54) is 28.0 Å². The molecule has 22 heavy (non-hydrogen) atoms. The van der Waals surface area contributed by atoms with Crippen molar-refractivity contribution in [2.24, 2.45) is 0 Å². The highest BCUT2D eigenvalue weighted by molar-refractivity contribution is 7.99. The van der Waals surface area contributed by atoms with Crippen molar-refractivity contribution >= 4 is 40.2 Å². The van der Waals surface area contributed by atoms with Crippen LogP contribution in [-0.2, 0) is 16.0 Å². The molecule has 1 fully saturated rings. The van der Waals surface area contributed by atoms with Gasteiger partial charge in [-0.2, -0.15) is 0 Å². The maximum absolute atomic E-state index is 12.4. The fourth-order valence-electron chi connectivity index (χ4n) is 1.80. The normalized spacial score (nSPS) is 18.4. The average Bonchev–Trinajstić information content (AvgIpc) is 3.04. The number of rotatable bonds is 3. The Bertz CT molecular complexity index is 556. The standard InChI is InChI=1S/C13H20N4O3S2/c1-5-9-15-16-11(22-9)14-10(18)8-6-21-7-17(8)12(19)20-13(2,3)4/h8H,5-7H2,1-4H3,(H,14,16,18)/t8-/m0/s1. The van der Waals surface area contributed by atoms with Crippen molar-refractivity contribution in [1.29, 1.82) is 0 Å². The van der Waals surface area contributed by atoms with Crippen molar-refractivity contribution in [2.75, 3.05) is 16.9 Å². The number of carbonyl (C=O) groups excluding carboxylic acids is 2. The third kappa shape index (κ3) is 4.33. The smallest absolute Gasteiger partial charge is 0.411 e. The molecule has 0 unspecified atom stereocenters. The minimum atomic E-state index is -0.583. The summed E-state index contributed by atoms with van der Waals surface area (Å²) in [5, 5.41) is 11.9. The first kappa shape index (κ1) is 17.0. The minimum Gasteiger partial charge on any atom is -0.444 e. The van der Waals surface area contributed by atoms with E-state index in [4.69, 9.17) is 4.74 Å². The summed E-state index contributed by atoms with van der Waals surface area (Å²) < 4.78 is 5.34. The van der Waals surface area contributed by atoms with Crippen LogP contribution in [0.25, 0.3) is 0 Å². The van der Waals surface area contributed by atoms with E-state index in [1.807, 2.05) is 6.92 Å². The summed E-state index contributed by atoms with van der Waals surface area (Å²) in [6, 6.07) is -0.547. The third-order valence-electron chi connectivity index (χ3n) is 2.81. The molecule has 2 amide bonds. The van der Waals surface area contributed by atoms with Crippen LogP contribution in [0.5, 0.6) is 0 Å². The largest absolute Gasteiger partial charge is 0.444 e. The van der Waals surface area contributed by atoms with Crippen LogP contribution in [0.4, 0.5) is 9.93 Å². The summed E-state index contributed by atoms with van der Waals surface area (Å²) in [6.07, 6.45) is 0.306. The van der Waals surface area contributed by atoms with Crippen LogP contribution in [-0.4, -0.2) is 50.4 Å². The predicted octanol–water partition coefficient (Wildman–Crippen LogP) is 2.35. The molecule has 1 N–H and O–H groups in total. The number of carbonyl (C=O) groups is 2. The van der Waals surface area contributed by atoms with Crippen LogP contribution in [0.2, 0.25) is 0 Å². The second kappa shape index (κ2) is 6.82. The van der Waals surface area contributed by atoms with Crippen molar-refractivity contribution in [1.82, 2.24) is 15.1 Å². The summed E-state index contributed by atoms with van der Waals surface area (Å²) in [6.45, 7) is 7.38. The van der Waals surface area contributed by atoms with E-state index < -0.39 is 17.7 Å². The number of anilines is 1. The van der Waals surface area contributed by atoms with E-state index in [0.29, 0.717) is 16.8 Å². The molecule has 2 heterocycles. The summed E-state index contributed by atoms with van der Waals surface area (Å²) in [4.78, 5) is 26.0. The highest BCUT2D eigenvalue weighted by atomic mass is 32.2. The number of nitrogens with one attached hydrogen (secondary N) is 1. The van der Waals surface area contributed by atoms with Crippen LogP contribution < -0.4 is 5.32 Å². The molecular formula is C13H20N4O3S2. The molecule has 0 saturated carbocycles. The van der Waals surface area contributed by atoms with E-state index in [1.54, 1.807) is 20.8 Å². The summed E-state index contributed by atoms with van der Waals surface area (Å²) >= 11 is 2.87. The lowest BCUT2D eigenvalue weighted by Gasteiger charge is -2.27. The van der Waals surface area contributed by atoms with E-state index in [2.05, 4.69) is 15.5 Å². The van der Waals surface area contributed by atoms with E-state index in [9.17, 15) is 9.59 Å². The number of amides is 2. The zero-order chi connectivity index (χ0) is 16.3. The molecule has 2 rings (SSSR count). The van der Waals surface area contributed by atoms with Gasteiger partial charge >= 0.3 is 6.09 Å². The number of hydrogen-bond acceptors (Lipinski definition) is 7. The molecular weight excluding hydrogens is 324 g/mol. The molecule has 0 radical (unpaired) electrons. The van der Waals surface area contributed by atoms with Crippen LogP contribution in [0.15, 0.2) is 0 Å². The molecule has 9 heteroatoms. The van der Waals surface area contributed by atoms with E-state index in [-0.39, 0.29) is 5.91 Å². The van der Waals surface area contributed by atoms with Gasteiger partial charge in [-0.1, -0.05) is 18.3 Å². The fourth-order valence-corrected chi connectivity index (χ4v) is 3.62. The number of hydrogen-bond donors (Lipinski definition) is 1. The van der Waals surface area contributed by atoms with E-state index in [0.717, 1.165) is 11.4 Å². The summed E-state index contributed by atoms with van der Waals surface area (Å²) in [7, 11) is 0. The molecule has 0 spiro atoms. The SMILES string of the molecule is CCc1nnc(NC(=O)[C@@H]2CSCN2C(=O)OC(C)(C)C)s1. The fraction of sp³-hybridized carbons (Fsp3) is 0.692. The molecule has 1 aliphatic rings. The minimum absolute atomic E-state index is 0.255. The van der Waals surface area contributed by atoms with Crippen LogP contribution in [0.1, 0.15) is 32.7 Å². The third-order valence-corrected chi connectivity index (χ3v) is 4.81. The molecule has 1 atom stereocenters. The first-order valence-corrected chi connectivity index (χ1v) is 8.98. The molecule has 7 nitrogen and oxygen atoms in total. The average molecular weight is 344 g/mol. The van der Waals surface area contributed by atoms with Gasteiger partial charge in [-0.25, -0.2) is 4.79 Å². The number of aryl methyl sites for hydroxylation is 1. The van der Waals surface area contributed by atoms with Crippen LogP contribution in [0, 0.1) is 0 Å². The Labute approximate surface area is 137 Å². The number of ether oxygens (including phenoxy) is 1. The van der Waals surface area contributed by atoms with Gasteiger partial charge in [0.05, 0.1) is 5.88 Å². The Morgan fingerprint density at radius 1 is 1.41 bits per heavy atom. The number of thioether (sulfide) groups is 1. The van der Waals surface area contributed by atoms with Crippen molar-refractivity contribution in [3.05, 3.63) is 5.01 Å². The Hall–Kier alpha value is -1.35. The van der Waals surface area contributed by atoms with E-state index >= 15 is 0 Å².